The molecule has 1 aromatic rings. The Morgan fingerprint density at radius 2 is 2.33 bits per heavy atom. The van der Waals surface area contributed by atoms with Crippen LogP contribution < -0.4 is 0 Å². The number of rotatable bonds is 3. The van der Waals surface area contributed by atoms with Crippen LogP contribution in [-0.4, -0.2) is 58.9 Å². The Labute approximate surface area is 108 Å². The first-order valence-corrected chi connectivity index (χ1v) is 7.73. The lowest BCUT2D eigenvalue weighted by Gasteiger charge is -2.33. The predicted molar refractivity (Wildman–Crippen MR) is 69.9 cm³/mol. The molecule has 100 valence electrons. The fourth-order valence-electron chi connectivity index (χ4n) is 2.20. The topological polar surface area (TPSA) is 75.4 Å². The molecule has 0 radical (unpaired) electrons. The second kappa shape index (κ2) is 5.03. The average molecular weight is 271 g/mol. The smallest absolute Gasteiger partial charge is 0.376 e. The summed E-state index contributed by atoms with van der Waals surface area (Å²) in [4.78, 5) is 5.88. The van der Waals surface area contributed by atoms with Gasteiger partial charge in [0.2, 0.25) is 0 Å². The van der Waals surface area contributed by atoms with Gasteiger partial charge in [0.15, 0.2) is 9.84 Å². The van der Waals surface area contributed by atoms with Gasteiger partial charge in [-0.3, -0.25) is 0 Å². The van der Waals surface area contributed by atoms with Gasteiger partial charge < -0.3 is 14.4 Å². The predicted octanol–water partition coefficient (Wildman–Crippen LogP) is -0.599. The maximum Gasteiger partial charge on any atom is 0.376 e. The summed E-state index contributed by atoms with van der Waals surface area (Å²) in [5.74, 6) is 0.912. The van der Waals surface area contributed by atoms with Crippen LogP contribution in [0.3, 0.4) is 0 Å². The van der Waals surface area contributed by atoms with Gasteiger partial charge in [0.25, 0.3) is 0 Å². The first-order valence-electron chi connectivity index (χ1n) is 6.01. The highest BCUT2D eigenvalue weighted by Crippen LogP contribution is 2.16. The van der Waals surface area contributed by atoms with Crippen molar-refractivity contribution in [3.63, 3.8) is 0 Å². The Kier molecular flexibility index (Phi) is 3.79. The summed E-state index contributed by atoms with van der Waals surface area (Å²) in [7, 11) is -3.69. The Bertz CT molecular complexity index is 514. The van der Waals surface area contributed by atoms with Crippen molar-refractivity contribution in [3.05, 3.63) is 18.2 Å². The minimum atomic E-state index is -3.08. The molecule has 2 rings (SSSR count). The van der Waals surface area contributed by atoms with Gasteiger partial charge in [-0.25, -0.2) is 13.4 Å². The minimum absolute atomic E-state index is 0.107. The lowest BCUT2D eigenvalue weighted by Crippen LogP contribution is -2.53. The second-order valence-electron chi connectivity index (χ2n) is 4.74. The molecule has 18 heavy (non-hydrogen) atoms. The van der Waals surface area contributed by atoms with Gasteiger partial charge in [-0.05, 0) is 13.7 Å². The lowest BCUT2D eigenvalue weighted by molar-refractivity contribution is 0.349. The first-order chi connectivity index (χ1) is 8.40. The highest BCUT2D eigenvalue weighted by atomic mass is 32.2. The van der Waals surface area contributed by atoms with Crippen LogP contribution >= 0.6 is 0 Å². The zero-order valence-corrected chi connectivity index (χ0v) is 11.5. The fourth-order valence-corrected chi connectivity index (χ4v) is 3.83. The van der Waals surface area contributed by atoms with Gasteiger partial charge in [0.05, 0.1) is 11.0 Å². The van der Waals surface area contributed by atoms with Crippen molar-refractivity contribution in [2.24, 2.45) is 0 Å². The summed E-state index contributed by atoms with van der Waals surface area (Å²) >= 11 is 0. The maximum atomic E-state index is 12.0. The van der Waals surface area contributed by atoms with Crippen molar-refractivity contribution in [3.8, 4) is 0 Å². The minimum Gasteiger partial charge on any atom is -0.437 e. The van der Waals surface area contributed by atoms with E-state index in [1.807, 2.05) is 11.5 Å². The highest BCUT2D eigenvalue weighted by molar-refractivity contribution is 7.92. The van der Waals surface area contributed by atoms with Gasteiger partial charge in [-0.15, -0.1) is 0 Å². The van der Waals surface area contributed by atoms with E-state index < -0.39 is 22.1 Å². The molecule has 1 aromatic heterocycles. The van der Waals surface area contributed by atoms with Crippen LogP contribution in [0.5, 0.6) is 0 Å². The lowest BCUT2D eigenvalue weighted by atomic mass is 9.85. The van der Waals surface area contributed by atoms with Crippen molar-refractivity contribution in [1.82, 2.24) is 14.4 Å². The standard InChI is InChI=1S/C10H18BN3O3S/c1-9-12-3-4-13(9)7-10-8-14(11(2)15)5-6-18(10,16)17/h3-4,10,15H,5-8H2,1-2H3. The molecule has 0 bridgehead atoms. The van der Waals surface area contributed by atoms with Crippen LogP contribution in [0.4, 0.5) is 0 Å². The quantitative estimate of drug-likeness (QED) is 0.743. The number of sulfone groups is 1. The summed E-state index contributed by atoms with van der Waals surface area (Å²) < 4.78 is 25.9. The third-order valence-corrected chi connectivity index (χ3v) is 5.53. The van der Waals surface area contributed by atoms with Crippen LogP contribution in [0.1, 0.15) is 5.82 Å². The second-order valence-corrected chi connectivity index (χ2v) is 7.14. The third kappa shape index (κ3) is 2.76. The van der Waals surface area contributed by atoms with Crippen LogP contribution in [-0.2, 0) is 16.4 Å². The molecule has 1 fully saturated rings. The first kappa shape index (κ1) is 13.6. The highest BCUT2D eigenvalue weighted by Gasteiger charge is 2.35. The van der Waals surface area contributed by atoms with E-state index in [-0.39, 0.29) is 5.75 Å². The number of hydrogen-bond donors (Lipinski definition) is 1. The van der Waals surface area contributed by atoms with Gasteiger partial charge in [0.1, 0.15) is 5.82 Å². The van der Waals surface area contributed by atoms with Gasteiger partial charge >= 0.3 is 7.05 Å². The summed E-state index contributed by atoms with van der Waals surface area (Å²) in [6, 6.07) is 0. The van der Waals surface area contributed by atoms with Crippen molar-refractivity contribution >= 4 is 16.9 Å². The van der Waals surface area contributed by atoms with E-state index in [9.17, 15) is 13.4 Å². The normalized spacial score (nSPS) is 24.1. The zero-order chi connectivity index (χ0) is 13.3. The maximum absolute atomic E-state index is 12.0. The van der Waals surface area contributed by atoms with Crippen LogP contribution in [0, 0.1) is 6.92 Å². The zero-order valence-electron chi connectivity index (χ0n) is 10.7. The van der Waals surface area contributed by atoms with Crippen molar-refractivity contribution in [1.29, 1.82) is 0 Å². The van der Waals surface area contributed by atoms with E-state index in [4.69, 9.17) is 0 Å². The average Bonchev–Trinajstić information content (AvgIpc) is 2.67. The molecule has 8 heteroatoms. The van der Waals surface area contributed by atoms with Crippen molar-refractivity contribution < 1.29 is 13.4 Å². The SMILES string of the molecule is CB(O)N1CCS(=O)(=O)C(Cn2ccnc2C)C1. The molecule has 0 amide bonds. The summed E-state index contributed by atoms with van der Waals surface area (Å²) in [5.41, 5.74) is 0. The molecule has 1 unspecified atom stereocenters. The molecular formula is C10H18BN3O3S. The molecule has 1 aliphatic heterocycles. The van der Waals surface area contributed by atoms with E-state index in [0.717, 1.165) is 5.82 Å². The summed E-state index contributed by atoms with van der Waals surface area (Å²) in [6.45, 7) is 4.69. The van der Waals surface area contributed by atoms with Crippen LogP contribution in [0.15, 0.2) is 12.4 Å². The Morgan fingerprint density at radius 1 is 1.61 bits per heavy atom. The van der Waals surface area contributed by atoms with Crippen LogP contribution in [0.25, 0.3) is 0 Å². The van der Waals surface area contributed by atoms with Crippen molar-refractivity contribution in [2.45, 2.75) is 25.5 Å². The molecule has 0 aliphatic carbocycles. The molecule has 1 N–H and O–H groups in total. The molecule has 1 aliphatic rings. The van der Waals surface area contributed by atoms with E-state index in [2.05, 4.69) is 4.98 Å². The Hall–Kier alpha value is -0.855. The fraction of sp³-hybridized carbons (Fsp3) is 0.700. The number of aromatic nitrogens is 2. The molecule has 0 aromatic carbocycles. The third-order valence-electron chi connectivity index (χ3n) is 3.46. The van der Waals surface area contributed by atoms with E-state index in [1.54, 1.807) is 24.0 Å². The number of imidazole rings is 1. The van der Waals surface area contributed by atoms with Gasteiger partial charge in [0, 0.05) is 32.0 Å². The molecule has 0 spiro atoms. The molecule has 6 nitrogen and oxygen atoms in total. The summed E-state index contributed by atoms with van der Waals surface area (Å²) in [6.07, 6.45) is 3.45. The largest absolute Gasteiger partial charge is 0.437 e. The Balaban J connectivity index is 2.15. The summed E-state index contributed by atoms with van der Waals surface area (Å²) in [5, 5.41) is 9.08. The number of aryl methyl sites for hydroxylation is 1. The molecule has 1 atom stereocenters. The monoisotopic (exact) mass is 271 g/mol. The molecule has 1 saturated heterocycles. The van der Waals surface area contributed by atoms with E-state index >= 15 is 0 Å². The molecule has 2 heterocycles. The molecular weight excluding hydrogens is 253 g/mol. The van der Waals surface area contributed by atoms with Gasteiger partial charge in [-0.1, -0.05) is 0 Å². The molecule has 0 saturated carbocycles. The van der Waals surface area contributed by atoms with Crippen molar-refractivity contribution in [2.75, 3.05) is 18.8 Å². The number of hydrogen-bond acceptors (Lipinski definition) is 5. The van der Waals surface area contributed by atoms with Gasteiger partial charge in [-0.2, -0.15) is 0 Å². The van der Waals surface area contributed by atoms with E-state index in [1.165, 1.54) is 0 Å². The van der Waals surface area contributed by atoms with Crippen LogP contribution in [0.2, 0.25) is 6.82 Å². The number of nitrogens with zero attached hydrogens (tertiary/aromatic N) is 3. The van der Waals surface area contributed by atoms with E-state index in [0.29, 0.717) is 19.6 Å². The Morgan fingerprint density at radius 3 is 2.89 bits per heavy atom.